The highest BCUT2D eigenvalue weighted by Crippen LogP contribution is 2.43. The molecule has 0 aromatic heterocycles. The maximum absolute atomic E-state index is 6.26. The lowest BCUT2D eigenvalue weighted by Crippen LogP contribution is -2.49. The SMILES string of the molecule is CCCCC1OCC2(CCN(C(C)C)CC2)CC1C. The molecular formula is C17H33NO. The second kappa shape index (κ2) is 6.58. The van der Waals surface area contributed by atoms with Crippen molar-refractivity contribution in [1.82, 2.24) is 4.90 Å². The van der Waals surface area contributed by atoms with Gasteiger partial charge in [-0.3, -0.25) is 0 Å². The highest BCUT2D eigenvalue weighted by molar-refractivity contribution is 4.92. The normalized spacial score (nSPS) is 32.1. The molecule has 0 amide bonds. The van der Waals surface area contributed by atoms with Gasteiger partial charge in [-0.1, -0.05) is 26.7 Å². The summed E-state index contributed by atoms with van der Waals surface area (Å²) in [4.78, 5) is 2.62. The molecule has 2 fully saturated rings. The number of piperidine rings is 1. The highest BCUT2D eigenvalue weighted by atomic mass is 16.5. The number of nitrogens with zero attached hydrogens (tertiary/aromatic N) is 1. The average molecular weight is 267 g/mol. The number of ether oxygens (including phenoxy) is 1. The molecule has 0 aliphatic carbocycles. The lowest BCUT2D eigenvalue weighted by atomic mass is 9.69. The Balaban J connectivity index is 1.84. The number of unbranched alkanes of at least 4 members (excludes halogenated alkanes) is 1. The van der Waals surface area contributed by atoms with Gasteiger partial charge < -0.3 is 9.64 Å². The molecule has 2 aliphatic heterocycles. The van der Waals surface area contributed by atoms with E-state index in [9.17, 15) is 0 Å². The van der Waals surface area contributed by atoms with Crippen LogP contribution in [-0.4, -0.2) is 36.7 Å². The Morgan fingerprint density at radius 1 is 1.26 bits per heavy atom. The highest BCUT2D eigenvalue weighted by Gasteiger charge is 2.41. The van der Waals surface area contributed by atoms with Crippen LogP contribution >= 0.6 is 0 Å². The lowest BCUT2D eigenvalue weighted by molar-refractivity contribution is -0.118. The summed E-state index contributed by atoms with van der Waals surface area (Å²) in [6.45, 7) is 12.9. The van der Waals surface area contributed by atoms with Gasteiger partial charge in [-0.15, -0.1) is 0 Å². The first-order valence-electron chi connectivity index (χ1n) is 8.42. The Bertz CT molecular complexity index is 268. The van der Waals surface area contributed by atoms with Crippen molar-refractivity contribution in [2.45, 2.75) is 78.4 Å². The van der Waals surface area contributed by atoms with E-state index in [0.29, 0.717) is 17.6 Å². The minimum Gasteiger partial charge on any atom is -0.377 e. The fourth-order valence-corrected chi connectivity index (χ4v) is 3.96. The van der Waals surface area contributed by atoms with Gasteiger partial charge in [0.25, 0.3) is 0 Å². The zero-order valence-electron chi connectivity index (χ0n) is 13.5. The first-order chi connectivity index (χ1) is 9.06. The van der Waals surface area contributed by atoms with Gasteiger partial charge >= 0.3 is 0 Å². The number of likely N-dealkylation sites (tertiary alicyclic amines) is 1. The third-order valence-corrected chi connectivity index (χ3v) is 5.42. The Hall–Kier alpha value is -0.0800. The van der Waals surface area contributed by atoms with Crippen molar-refractivity contribution in [2.24, 2.45) is 11.3 Å². The molecule has 2 nitrogen and oxygen atoms in total. The van der Waals surface area contributed by atoms with Crippen LogP contribution in [0.15, 0.2) is 0 Å². The van der Waals surface area contributed by atoms with Gasteiger partial charge in [-0.2, -0.15) is 0 Å². The van der Waals surface area contributed by atoms with Crippen molar-refractivity contribution in [2.75, 3.05) is 19.7 Å². The summed E-state index contributed by atoms with van der Waals surface area (Å²) in [6, 6.07) is 0.705. The van der Waals surface area contributed by atoms with Crippen molar-refractivity contribution in [3.8, 4) is 0 Å². The molecule has 2 saturated heterocycles. The van der Waals surface area contributed by atoms with E-state index in [4.69, 9.17) is 4.74 Å². The summed E-state index contributed by atoms with van der Waals surface area (Å²) in [7, 11) is 0. The Labute approximate surface area is 119 Å². The first kappa shape index (κ1) is 15.3. The van der Waals surface area contributed by atoms with Crippen molar-refractivity contribution in [1.29, 1.82) is 0 Å². The molecule has 19 heavy (non-hydrogen) atoms. The maximum Gasteiger partial charge on any atom is 0.0601 e. The topological polar surface area (TPSA) is 12.5 Å². The molecule has 0 aromatic carbocycles. The van der Waals surface area contributed by atoms with Crippen LogP contribution in [0.3, 0.4) is 0 Å². The van der Waals surface area contributed by atoms with Gasteiger partial charge in [0.05, 0.1) is 12.7 Å². The van der Waals surface area contributed by atoms with E-state index in [1.165, 1.54) is 51.6 Å². The first-order valence-corrected chi connectivity index (χ1v) is 8.42. The molecule has 2 rings (SSSR count). The number of hydrogen-bond donors (Lipinski definition) is 0. The summed E-state index contributed by atoms with van der Waals surface area (Å²) in [6.07, 6.45) is 8.50. The maximum atomic E-state index is 6.26. The third kappa shape index (κ3) is 3.72. The third-order valence-electron chi connectivity index (χ3n) is 5.42. The fourth-order valence-electron chi connectivity index (χ4n) is 3.96. The van der Waals surface area contributed by atoms with Crippen LogP contribution in [0.4, 0.5) is 0 Å². The van der Waals surface area contributed by atoms with Crippen LogP contribution in [0.2, 0.25) is 0 Å². The smallest absolute Gasteiger partial charge is 0.0601 e. The van der Waals surface area contributed by atoms with Crippen LogP contribution in [0.5, 0.6) is 0 Å². The molecule has 0 bridgehead atoms. The number of rotatable bonds is 4. The minimum absolute atomic E-state index is 0.507. The van der Waals surface area contributed by atoms with Gasteiger partial charge in [0.1, 0.15) is 0 Å². The average Bonchev–Trinajstić information content (AvgIpc) is 2.38. The summed E-state index contributed by atoms with van der Waals surface area (Å²) in [5.41, 5.74) is 0.507. The molecule has 1 spiro atoms. The minimum atomic E-state index is 0.507. The number of hydrogen-bond acceptors (Lipinski definition) is 2. The molecule has 2 unspecified atom stereocenters. The van der Waals surface area contributed by atoms with Gasteiger partial charge in [-0.25, -0.2) is 0 Å². The second-order valence-electron chi connectivity index (χ2n) is 7.30. The van der Waals surface area contributed by atoms with Crippen molar-refractivity contribution in [3.05, 3.63) is 0 Å². The van der Waals surface area contributed by atoms with Crippen LogP contribution < -0.4 is 0 Å². The van der Waals surface area contributed by atoms with E-state index in [1.54, 1.807) is 0 Å². The van der Waals surface area contributed by atoms with E-state index in [0.717, 1.165) is 12.5 Å². The van der Waals surface area contributed by atoms with E-state index in [1.807, 2.05) is 0 Å². The van der Waals surface area contributed by atoms with Gasteiger partial charge in [-0.05, 0) is 64.0 Å². The molecule has 112 valence electrons. The summed E-state index contributed by atoms with van der Waals surface area (Å²) in [5, 5.41) is 0. The zero-order chi connectivity index (χ0) is 13.9. The molecular weight excluding hydrogens is 234 g/mol. The molecule has 2 heteroatoms. The van der Waals surface area contributed by atoms with Crippen molar-refractivity contribution >= 4 is 0 Å². The standard InChI is InChI=1S/C17H33NO/c1-5-6-7-16-15(4)12-17(13-19-16)8-10-18(11-9-17)14(2)3/h14-16H,5-13H2,1-4H3. The molecule has 2 aliphatic rings. The van der Waals surface area contributed by atoms with Crippen molar-refractivity contribution in [3.63, 3.8) is 0 Å². The predicted octanol–water partition coefficient (Wildman–Crippen LogP) is 4.09. The predicted molar refractivity (Wildman–Crippen MR) is 81.4 cm³/mol. The quantitative estimate of drug-likeness (QED) is 0.760. The fraction of sp³-hybridized carbons (Fsp3) is 1.00. The Morgan fingerprint density at radius 3 is 2.47 bits per heavy atom. The van der Waals surface area contributed by atoms with E-state index < -0.39 is 0 Å². The molecule has 2 heterocycles. The van der Waals surface area contributed by atoms with Gasteiger partial charge in [0.2, 0.25) is 0 Å². The molecule has 0 N–H and O–H groups in total. The van der Waals surface area contributed by atoms with Crippen LogP contribution in [0.1, 0.15) is 66.2 Å². The summed E-state index contributed by atoms with van der Waals surface area (Å²) < 4.78 is 6.26. The molecule has 0 radical (unpaired) electrons. The van der Waals surface area contributed by atoms with E-state index >= 15 is 0 Å². The Morgan fingerprint density at radius 2 is 1.95 bits per heavy atom. The Kier molecular flexibility index (Phi) is 5.30. The van der Waals surface area contributed by atoms with E-state index in [-0.39, 0.29) is 0 Å². The van der Waals surface area contributed by atoms with Crippen LogP contribution in [0.25, 0.3) is 0 Å². The van der Waals surface area contributed by atoms with Gasteiger partial charge in [0, 0.05) is 6.04 Å². The largest absolute Gasteiger partial charge is 0.377 e. The van der Waals surface area contributed by atoms with Crippen LogP contribution in [-0.2, 0) is 4.74 Å². The van der Waals surface area contributed by atoms with Gasteiger partial charge in [0.15, 0.2) is 0 Å². The van der Waals surface area contributed by atoms with E-state index in [2.05, 4.69) is 32.6 Å². The zero-order valence-corrected chi connectivity index (χ0v) is 13.5. The molecule has 0 aromatic rings. The molecule has 0 saturated carbocycles. The van der Waals surface area contributed by atoms with Crippen molar-refractivity contribution < 1.29 is 4.74 Å². The monoisotopic (exact) mass is 267 g/mol. The second-order valence-corrected chi connectivity index (χ2v) is 7.30. The summed E-state index contributed by atoms with van der Waals surface area (Å²) in [5.74, 6) is 0.755. The lowest BCUT2D eigenvalue weighted by Gasteiger charge is -2.49. The molecule has 2 atom stereocenters. The summed E-state index contributed by atoms with van der Waals surface area (Å²) >= 11 is 0. The van der Waals surface area contributed by atoms with Crippen LogP contribution in [0, 0.1) is 11.3 Å².